The summed E-state index contributed by atoms with van der Waals surface area (Å²) in [7, 11) is 0. The largest absolute Gasteiger partial charge is 0.475 e. The van der Waals surface area contributed by atoms with Crippen LogP contribution in [0, 0.1) is 0 Å². The summed E-state index contributed by atoms with van der Waals surface area (Å²) in [5.74, 6) is -1.51. The lowest BCUT2D eigenvalue weighted by atomic mass is 9.99. The van der Waals surface area contributed by atoms with E-state index in [1.54, 1.807) is 12.1 Å². The molecule has 0 aliphatic rings. The summed E-state index contributed by atoms with van der Waals surface area (Å²) in [5.41, 5.74) is -1.96. The monoisotopic (exact) mass is 402 g/mol. The SMILES string of the molecule is O=C(O)c1cc2ccc(CCc3cc(C(F)(F)F)cc(C(F)(F)F)c3)cc2o1. The standard InChI is InChI=1S/C19H12F6O3/c20-18(21,22)13-5-11(6-14(9-13)19(23,24)25)2-1-10-3-4-12-8-16(17(26)27)28-15(12)7-10/h3-9H,1-2H2,(H,26,27). The summed E-state index contributed by atoms with van der Waals surface area (Å²) >= 11 is 0. The van der Waals surface area contributed by atoms with Gasteiger partial charge in [-0.05, 0) is 54.3 Å². The third-order valence-electron chi connectivity index (χ3n) is 4.15. The molecule has 3 rings (SSSR count). The van der Waals surface area contributed by atoms with Crippen LogP contribution in [0.15, 0.2) is 46.9 Å². The molecule has 0 aliphatic heterocycles. The molecule has 0 spiro atoms. The summed E-state index contributed by atoms with van der Waals surface area (Å²) < 4.78 is 82.6. The summed E-state index contributed by atoms with van der Waals surface area (Å²) in [5, 5.41) is 9.44. The number of benzene rings is 2. The minimum atomic E-state index is -4.89. The van der Waals surface area contributed by atoms with Crippen LogP contribution in [0.2, 0.25) is 0 Å². The molecular weight excluding hydrogens is 390 g/mol. The second-order valence-corrected chi connectivity index (χ2v) is 6.20. The number of hydrogen-bond acceptors (Lipinski definition) is 2. The van der Waals surface area contributed by atoms with Gasteiger partial charge in [0, 0.05) is 5.39 Å². The predicted molar refractivity (Wildman–Crippen MR) is 87.0 cm³/mol. The van der Waals surface area contributed by atoms with Crippen LogP contribution < -0.4 is 0 Å². The van der Waals surface area contributed by atoms with E-state index in [9.17, 15) is 31.1 Å². The van der Waals surface area contributed by atoms with Crippen molar-refractivity contribution in [2.75, 3.05) is 0 Å². The maximum absolute atomic E-state index is 12.9. The molecule has 1 aromatic heterocycles. The van der Waals surface area contributed by atoms with Crippen molar-refractivity contribution in [2.24, 2.45) is 0 Å². The molecule has 0 bridgehead atoms. The molecule has 0 aliphatic carbocycles. The van der Waals surface area contributed by atoms with Crippen LogP contribution in [0.3, 0.4) is 0 Å². The molecule has 0 amide bonds. The number of rotatable bonds is 4. The highest BCUT2D eigenvalue weighted by Gasteiger charge is 2.36. The summed E-state index contributed by atoms with van der Waals surface area (Å²) in [6.07, 6.45) is -9.70. The van der Waals surface area contributed by atoms with Gasteiger partial charge in [0.05, 0.1) is 11.1 Å². The second-order valence-electron chi connectivity index (χ2n) is 6.20. The van der Waals surface area contributed by atoms with Crippen LogP contribution >= 0.6 is 0 Å². The number of carboxylic acids is 1. The molecule has 1 N–H and O–H groups in total. The van der Waals surface area contributed by atoms with Crippen LogP contribution in [-0.4, -0.2) is 11.1 Å². The molecule has 2 aromatic carbocycles. The van der Waals surface area contributed by atoms with Crippen molar-refractivity contribution in [1.82, 2.24) is 0 Å². The van der Waals surface area contributed by atoms with Gasteiger partial charge in [-0.1, -0.05) is 12.1 Å². The zero-order chi connectivity index (χ0) is 20.7. The number of carboxylic acid groups (broad SMARTS) is 1. The van der Waals surface area contributed by atoms with Gasteiger partial charge in [-0.15, -0.1) is 0 Å². The lowest BCUT2D eigenvalue weighted by Crippen LogP contribution is -2.12. The van der Waals surface area contributed by atoms with Crippen LogP contribution in [0.25, 0.3) is 11.0 Å². The number of halogens is 6. The molecule has 0 saturated carbocycles. The van der Waals surface area contributed by atoms with E-state index in [1.165, 1.54) is 12.1 Å². The van der Waals surface area contributed by atoms with E-state index in [0.717, 1.165) is 0 Å². The molecule has 9 heteroatoms. The van der Waals surface area contributed by atoms with E-state index in [1.807, 2.05) is 0 Å². The molecule has 0 unspecified atom stereocenters. The Kier molecular flexibility index (Phi) is 4.86. The minimum Gasteiger partial charge on any atom is -0.475 e. The van der Waals surface area contributed by atoms with E-state index in [0.29, 0.717) is 23.1 Å². The molecule has 3 aromatic rings. The zero-order valence-electron chi connectivity index (χ0n) is 14.0. The maximum atomic E-state index is 12.9. The summed E-state index contributed by atoms with van der Waals surface area (Å²) in [6.45, 7) is 0. The Labute approximate surface area is 154 Å². The number of aryl methyl sites for hydroxylation is 2. The molecule has 148 valence electrons. The molecule has 0 atom stereocenters. The van der Waals surface area contributed by atoms with E-state index in [2.05, 4.69) is 0 Å². The number of alkyl halides is 6. The summed E-state index contributed by atoms with van der Waals surface area (Å²) in [6, 6.07) is 7.51. The van der Waals surface area contributed by atoms with Crippen molar-refractivity contribution in [3.05, 3.63) is 70.5 Å². The molecule has 0 fully saturated rings. The number of hydrogen-bond donors (Lipinski definition) is 1. The molecule has 0 radical (unpaired) electrons. The average molecular weight is 402 g/mol. The van der Waals surface area contributed by atoms with Crippen LogP contribution in [0.4, 0.5) is 26.3 Å². The van der Waals surface area contributed by atoms with E-state index in [-0.39, 0.29) is 35.8 Å². The highest BCUT2D eigenvalue weighted by molar-refractivity contribution is 5.91. The Balaban J connectivity index is 1.87. The first-order chi connectivity index (χ1) is 12.9. The van der Waals surface area contributed by atoms with Gasteiger partial charge in [0.2, 0.25) is 5.76 Å². The van der Waals surface area contributed by atoms with E-state index in [4.69, 9.17) is 9.52 Å². The molecule has 28 heavy (non-hydrogen) atoms. The Hall–Kier alpha value is -2.97. The van der Waals surface area contributed by atoms with Crippen molar-refractivity contribution in [2.45, 2.75) is 25.2 Å². The van der Waals surface area contributed by atoms with Gasteiger partial charge in [-0.3, -0.25) is 0 Å². The van der Waals surface area contributed by atoms with Gasteiger partial charge in [-0.25, -0.2) is 4.79 Å². The van der Waals surface area contributed by atoms with Gasteiger partial charge >= 0.3 is 18.3 Å². The Morgan fingerprint density at radius 2 is 1.39 bits per heavy atom. The number of aromatic carboxylic acids is 1. The highest BCUT2D eigenvalue weighted by atomic mass is 19.4. The Bertz CT molecular complexity index is 998. The lowest BCUT2D eigenvalue weighted by molar-refractivity contribution is -0.143. The molecule has 3 nitrogen and oxygen atoms in total. The van der Waals surface area contributed by atoms with E-state index >= 15 is 0 Å². The number of fused-ring (bicyclic) bond motifs is 1. The van der Waals surface area contributed by atoms with Crippen LogP contribution in [-0.2, 0) is 25.2 Å². The van der Waals surface area contributed by atoms with Crippen LogP contribution in [0.1, 0.15) is 32.8 Å². The first kappa shape index (κ1) is 19.8. The van der Waals surface area contributed by atoms with Crippen molar-refractivity contribution < 1.29 is 40.7 Å². The molecular formula is C19H12F6O3. The number of carbonyl (C=O) groups is 1. The van der Waals surface area contributed by atoms with Crippen molar-refractivity contribution in [3.63, 3.8) is 0 Å². The second kappa shape index (κ2) is 6.88. The Morgan fingerprint density at radius 1 is 0.821 bits per heavy atom. The van der Waals surface area contributed by atoms with Gasteiger partial charge in [0.25, 0.3) is 0 Å². The Morgan fingerprint density at radius 3 is 1.93 bits per heavy atom. The molecule has 0 saturated heterocycles. The van der Waals surface area contributed by atoms with Crippen LogP contribution in [0.5, 0.6) is 0 Å². The molecule has 1 heterocycles. The van der Waals surface area contributed by atoms with E-state index < -0.39 is 29.4 Å². The topological polar surface area (TPSA) is 50.4 Å². The highest BCUT2D eigenvalue weighted by Crippen LogP contribution is 2.36. The first-order valence-electron chi connectivity index (χ1n) is 7.97. The fraction of sp³-hybridized carbons (Fsp3) is 0.211. The maximum Gasteiger partial charge on any atom is 0.416 e. The fourth-order valence-electron chi connectivity index (χ4n) is 2.79. The normalized spacial score (nSPS) is 12.5. The quantitative estimate of drug-likeness (QED) is 0.549. The average Bonchev–Trinajstić information content (AvgIpc) is 3.02. The third-order valence-corrected chi connectivity index (χ3v) is 4.15. The van der Waals surface area contributed by atoms with Gasteiger partial charge in [-0.2, -0.15) is 26.3 Å². The summed E-state index contributed by atoms with van der Waals surface area (Å²) in [4.78, 5) is 10.9. The smallest absolute Gasteiger partial charge is 0.416 e. The first-order valence-corrected chi connectivity index (χ1v) is 7.97. The third kappa shape index (κ3) is 4.29. The van der Waals surface area contributed by atoms with Crippen molar-refractivity contribution in [3.8, 4) is 0 Å². The van der Waals surface area contributed by atoms with Gasteiger partial charge in [0.1, 0.15) is 5.58 Å². The fourth-order valence-corrected chi connectivity index (χ4v) is 2.79. The van der Waals surface area contributed by atoms with Crippen molar-refractivity contribution >= 4 is 16.9 Å². The van der Waals surface area contributed by atoms with Crippen molar-refractivity contribution in [1.29, 1.82) is 0 Å². The lowest BCUT2D eigenvalue weighted by Gasteiger charge is -2.14. The zero-order valence-corrected chi connectivity index (χ0v) is 14.0. The predicted octanol–water partition coefficient (Wildman–Crippen LogP) is 5.95. The minimum absolute atomic E-state index is 0.0645. The van der Waals surface area contributed by atoms with Gasteiger partial charge < -0.3 is 9.52 Å². The number of furan rings is 1. The van der Waals surface area contributed by atoms with Gasteiger partial charge in [0.15, 0.2) is 0 Å².